The van der Waals surface area contributed by atoms with E-state index in [0.717, 1.165) is 6.54 Å². The molecule has 1 saturated heterocycles. The maximum absolute atomic E-state index is 11.4. The van der Waals surface area contributed by atoms with E-state index < -0.39 is 10.9 Å². The average Bonchev–Trinajstić information content (AvgIpc) is 2.40. The number of hydrogen-bond acceptors (Lipinski definition) is 5. The highest BCUT2D eigenvalue weighted by atomic mass is 16.6. The molecule has 0 amide bonds. The van der Waals surface area contributed by atoms with E-state index in [2.05, 4.69) is 4.90 Å². The fraction of sp³-hybridized carbons (Fsp3) is 0.500. The van der Waals surface area contributed by atoms with Gasteiger partial charge in [-0.2, -0.15) is 0 Å². The molecule has 0 saturated carbocycles. The fourth-order valence-electron chi connectivity index (χ4n) is 2.61. The van der Waals surface area contributed by atoms with Crippen LogP contribution < -0.4 is 4.90 Å². The predicted octanol–water partition coefficient (Wildman–Crippen LogP) is 1.82. The van der Waals surface area contributed by atoms with Crippen molar-refractivity contribution < 1.29 is 14.8 Å². The largest absolute Gasteiger partial charge is 0.478 e. The fourth-order valence-corrected chi connectivity index (χ4v) is 2.61. The first-order chi connectivity index (χ1) is 9.74. The Labute approximate surface area is 122 Å². The number of anilines is 1. The monoisotopic (exact) mass is 293 g/mol. The smallest absolute Gasteiger partial charge is 0.338 e. The molecular formula is C14H19N3O4. The number of likely N-dealkylation sites (N-methyl/N-ethyl adjacent to an activating group) is 1. The van der Waals surface area contributed by atoms with Gasteiger partial charge < -0.3 is 10.0 Å². The molecule has 0 bridgehead atoms. The van der Waals surface area contributed by atoms with Gasteiger partial charge in [-0.1, -0.05) is 6.07 Å². The molecule has 7 nitrogen and oxygen atoms in total. The van der Waals surface area contributed by atoms with E-state index in [4.69, 9.17) is 0 Å². The van der Waals surface area contributed by atoms with E-state index >= 15 is 0 Å². The van der Waals surface area contributed by atoms with Gasteiger partial charge in [0.1, 0.15) is 5.69 Å². The van der Waals surface area contributed by atoms with E-state index in [-0.39, 0.29) is 22.5 Å². The minimum absolute atomic E-state index is 0.0236. The number of para-hydroxylation sites is 1. The number of nitro benzene ring substituents is 1. The van der Waals surface area contributed by atoms with E-state index in [1.807, 2.05) is 25.8 Å². The van der Waals surface area contributed by atoms with Crippen molar-refractivity contribution >= 4 is 17.3 Å². The van der Waals surface area contributed by atoms with Crippen LogP contribution in [0.5, 0.6) is 0 Å². The van der Waals surface area contributed by atoms with Crippen LogP contribution in [0.25, 0.3) is 0 Å². The number of rotatable bonds is 3. The van der Waals surface area contributed by atoms with Crippen molar-refractivity contribution in [1.82, 2.24) is 4.90 Å². The molecule has 114 valence electrons. The van der Waals surface area contributed by atoms with E-state index in [1.165, 1.54) is 18.2 Å². The van der Waals surface area contributed by atoms with Crippen LogP contribution >= 0.6 is 0 Å². The number of carboxylic acids is 1. The molecular weight excluding hydrogens is 274 g/mol. The summed E-state index contributed by atoms with van der Waals surface area (Å²) in [5, 5.41) is 20.6. The lowest BCUT2D eigenvalue weighted by Crippen LogP contribution is -2.58. The molecule has 0 atom stereocenters. The van der Waals surface area contributed by atoms with Gasteiger partial charge >= 0.3 is 5.97 Å². The Bertz CT molecular complexity index is 553. The third kappa shape index (κ3) is 2.82. The lowest BCUT2D eigenvalue weighted by atomic mass is 9.98. The number of benzene rings is 1. The van der Waals surface area contributed by atoms with Gasteiger partial charge in [-0.25, -0.2) is 4.79 Å². The molecule has 1 N–H and O–H groups in total. The Balaban J connectivity index is 2.52. The van der Waals surface area contributed by atoms with Gasteiger partial charge in [0.25, 0.3) is 5.69 Å². The first kappa shape index (κ1) is 15.2. The molecule has 7 heteroatoms. The van der Waals surface area contributed by atoms with Crippen molar-refractivity contribution in [2.75, 3.05) is 31.6 Å². The first-order valence-corrected chi connectivity index (χ1v) is 6.71. The van der Waals surface area contributed by atoms with E-state index in [0.29, 0.717) is 13.1 Å². The molecule has 1 heterocycles. The van der Waals surface area contributed by atoms with Crippen molar-refractivity contribution in [3.8, 4) is 0 Å². The molecule has 0 radical (unpaired) electrons. The Morgan fingerprint density at radius 2 is 2.05 bits per heavy atom. The predicted molar refractivity (Wildman–Crippen MR) is 79.0 cm³/mol. The topological polar surface area (TPSA) is 86.9 Å². The quantitative estimate of drug-likeness (QED) is 0.675. The number of aromatic carboxylic acids is 1. The maximum atomic E-state index is 11.4. The molecule has 1 aromatic rings. The third-order valence-electron chi connectivity index (χ3n) is 4.07. The van der Waals surface area contributed by atoms with Crippen LogP contribution in [0.2, 0.25) is 0 Å². The second-order valence-corrected chi connectivity index (χ2v) is 5.89. The van der Waals surface area contributed by atoms with Crippen LogP contribution in [0.15, 0.2) is 18.2 Å². The summed E-state index contributed by atoms with van der Waals surface area (Å²) in [7, 11) is 1.99. The molecule has 21 heavy (non-hydrogen) atoms. The lowest BCUT2D eigenvalue weighted by Gasteiger charge is -2.46. The summed E-state index contributed by atoms with van der Waals surface area (Å²) >= 11 is 0. The molecule has 0 aromatic heterocycles. The first-order valence-electron chi connectivity index (χ1n) is 6.71. The number of hydrogen-bond donors (Lipinski definition) is 1. The molecule has 1 aliphatic rings. The zero-order chi connectivity index (χ0) is 15.8. The molecule has 0 unspecified atom stereocenters. The normalized spacial score (nSPS) is 18.5. The molecule has 1 fully saturated rings. The van der Waals surface area contributed by atoms with Crippen LogP contribution in [0.1, 0.15) is 24.2 Å². The minimum atomic E-state index is -1.15. The number of nitrogens with zero attached hydrogens (tertiary/aromatic N) is 3. The van der Waals surface area contributed by atoms with Crippen LogP contribution in [0.4, 0.5) is 11.4 Å². The van der Waals surface area contributed by atoms with Crippen LogP contribution in [0, 0.1) is 10.1 Å². The van der Waals surface area contributed by atoms with Crippen molar-refractivity contribution in [2.24, 2.45) is 0 Å². The van der Waals surface area contributed by atoms with E-state index in [9.17, 15) is 20.0 Å². The van der Waals surface area contributed by atoms with Gasteiger partial charge in [-0.3, -0.25) is 15.0 Å². The van der Waals surface area contributed by atoms with Crippen molar-refractivity contribution in [3.63, 3.8) is 0 Å². The van der Waals surface area contributed by atoms with E-state index in [1.54, 1.807) is 0 Å². The highest BCUT2D eigenvalue weighted by Gasteiger charge is 2.35. The summed E-state index contributed by atoms with van der Waals surface area (Å²) in [6.45, 7) is 5.89. The average molecular weight is 293 g/mol. The molecule has 1 aliphatic heterocycles. The van der Waals surface area contributed by atoms with Gasteiger partial charge in [0.2, 0.25) is 0 Å². The van der Waals surface area contributed by atoms with Crippen molar-refractivity contribution in [1.29, 1.82) is 0 Å². The Kier molecular flexibility index (Phi) is 3.87. The maximum Gasteiger partial charge on any atom is 0.338 e. The van der Waals surface area contributed by atoms with Gasteiger partial charge in [-0.05, 0) is 27.0 Å². The van der Waals surface area contributed by atoms with Crippen molar-refractivity contribution in [2.45, 2.75) is 19.4 Å². The van der Waals surface area contributed by atoms with Crippen LogP contribution in [0.3, 0.4) is 0 Å². The van der Waals surface area contributed by atoms with Gasteiger partial charge in [0.15, 0.2) is 0 Å². The van der Waals surface area contributed by atoms with Gasteiger partial charge in [-0.15, -0.1) is 0 Å². The van der Waals surface area contributed by atoms with Gasteiger partial charge in [0.05, 0.1) is 10.5 Å². The summed E-state index contributed by atoms with van der Waals surface area (Å²) in [5.74, 6) is -1.15. The number of piperazine rings is 1. The highest BCUT2D eigenvalue weighted by Crippen LogP contribution is 2.35. The summed E-state index contributed by atoms with van der Waals surface area (Å²) in [5.41, 5.74) is -0.159. The summed E-state index contributed by atoms with van der Waals surface area (Å²) in [4.78, 5) is 26.1. The van der Waals surface area contributed by atoms with Gasteiger partial charge in [0, 0.05) is 31.2 Å². The zero-order valence-electron chi connectivity index (χ0n) is 12.4. The SMILES string of the molecule is CN1CCN(c2c(C(=O)O)cccc2[N+](=O)[O-])CC1(C)C. The second-order valence-electron chi connectivity index (χ2n) is 5.89. The summed E-state index contributed by atoms with van der Waals surface area (Å²) in [6.07, 6.45) is 0. The Hall–Kier alpha value is -2.15. The highest BCUT2D eigenvalue weighted by molar-refractivity contribution is 5.97. The number of carbonyl (C=O) groups is 1. The standard InChI is InChI=1S/C14H19N3O4/c1-14(2)9-16(8-7-15(14)3)12-10(13(18)19)5-4-6-11(12)17(20)21/h4-6H,7-9H2,1-3H3,(H,18,19). The zero-order valence-corrected chi connectivity index (χ0v) is 12.4. The van der Waals surface area contributed by atoms with Crippen molar-refractivity contribution in [3.05, 3.63) is 33.9 Å². The number of carboxylic acid groups (broad SMARTS) is 1. The minimum Gasteiger partial charge on any atom is -0.478 e. The molecule has 2 rings (SSSR count). The lowest BCUT2D eigenvalue weighted by molar-refractivity contribution is -0.384. The number of nitro groups is 1. The Morgan fingerprint density at radius 1 is 1.38 bits per heavy atom. The third-order valence-corrected chi connectivity index (χ3v) is 4.07. The Morgan fingerprint density at radius 3 is 2.57 bits per heavy atom. The molecule has 1 aromatic carbocycles. The second kappa shape index (κ2) is 5.33. The van der Waals surface area contributed by atoms with Crippen LogP contribution in [-0.2, 0) is 0 Å². The summed E-state index contributed by atoms with van der Waals surface area (Å²) < 4.78 is 0. The van der Waals surface area contributed by atoms with Crippen LogP contribution in [-0.4, -0.2) is 53.1 Å². The molecule has 0 aliphatic carbocycles. The molecule has 0 spiro atoms. The summed E-state index contributed by atoms with van der Waals surface area (Å²) in [6, 6.07) is 4.18.